The number of carbonyl (C=O) groups excluding carboxylic acids is 3. The zero-order valence-electron chi connectivity index (χ0n) is 14.7. The number of phenolic OH excluding ortho intramolecular Hbond substituents is 2. The molecule has 2 aromatic rings. The van der Waals surface area contributed by atoms with Gasteiger partial charge in [-0.15, -0.1) is 0 Å². The molecular formula is C19H14O9. The number of phenols is 2. The number of aryl methyl sites for hydroxylation is 1. The summed E-state index contributed by atoms with van der Waals surface area (Å²) in [6.07, 6.45) is -1.31. The Bertz CT molecular complexity index is 1080. The standard InChI is InChI=1S/C19H14O9/c1-3-7-13(22)11-12(19(25)28-18(11)24)16-15(7)27-17(23)10-6(2)4-9(21)8(5-20)14(10)26-16/h4-5,19,21-22,25H,3H2,1-2H3. The van der Waals surface area contributed by atoms with Gasteiger partial charge in [0.1, 0.15) is 22.6 Å². The zero-order valence-corrected chi connectivity index (χ0v) is 14.7. The van der Waals surface area contributed by atoms with Gasteiger partial charge in [-0.25, -0.2) is 9.59 Å². The largest absolute Gasteiger partial charge is 0.507 e. The molecule has 0 amide bonds. The number of aliphatic hydroxyl groups is 1. The van der Waals surface area contributed by atoms with Gasteiger partial charge in [0.05, 0.1) is 11.1 Å². The van der Waals surface area contributed by atoms with Crippen LogP contribution in [0.1, 0.15) is 61.0 Å². The molecule has 0 saturated carbocycles. The minimum atomic E-state index is -1.77. The number of rotatable bonds is 2. The number of aromatic hydroxyl groups is 2. The Labute approximate surface area is 157 Å². The molecule has 28 heavy (non-hydrogen) atoms. The Kier molecular flexibility index (Phi) is 3.79. The number of cyclic esters (lactones) is 1. The van der Waals surface area contributed by atoms with Gasteiger partial charge in [0.25, 0.3) is 0 Å². The molecule has 144 valence electrons. The molecule has 2 aromatic carbocycles. The second-order valence-corrected chi connectivity index (χ2v) is 6.33. The lowest BCUT2D eigenvalue weighted by atomic mass is 9.99. The maximum Gasteiger partial charge on any atom is 0.347 e. The number of carbonyl (C=O) groups is 3. The summed E-state index contributed by atoms with van der Waals surface area (Å²) in [6, 6.07) is 1.22. The molecule has 1 unspecified atom stereocenters. The van der Waals surface area contributed by atoms with Crippen LogP contribution in [-0.2, 0) is 11.2 Å². The molecule has 2 heterocycles. The highest BCUT2D eigenvalue weighted by Gasteiger charge is 2.43. The first-order valence-electron chi connectivity index (χ1n) is 8.32. The Balaban J connectivity index is 2.11. The lowest BCUT2D eigenvalue weighted by Crippen LogP contribution is -2.11. The SMILES string of the molecule is CCc1c(O)c2c(c3c1OC(=O)c1c(C)cc(O)c(C=O)c1O3)C(O)OC2=O. The summed E-state index contributed by atoms with van der Waals surface area (Å²) >= 11 is 0. The van der Waals surface area contributed by atoms with E-state index in [1.165, 1.54) is 13.0 Å². The number of ether oxygens (including phenoxy) is 3. The first-order valence-corrected chi connectivity index (χ1v) is 8.32. The molecule has 2 aliphatic rings. The summed E-state index contributed by atoms with van der Waals surface area (Å²) in [5, 5.41) is 30.7. The molecule has 3 N–H and O–H groups in total. The monoisotopic (exact) mass is 386 g/mol. The van der Waals surface area contributed by atoms with Crippen molar-refractivity contribution in [3.8, 4) is 28.7 Å². The van der Waals surface area contributed by atoms with E-state index in [0.29, 0.717) is 6.29 Å². The van der Waals surface area contributed by atoms with Crippen molar-refractivity contribution in [1.29, 1.82) is 0 Å². The predicted octanol–water partition coefficient (Wildman–Crippen LogP) is 2.27. The normalized spacial score (nSPS) is 16.9. The second-order valence-electron chi connectivity index (χ2n) is 6.33. The van der Waals surface area contributed by atoms with E-state index in [1.807, 2.05) is 0 Å². The van der Waals surface area contributed by atoms with Crippen molar-refractivity contribution in [1.82, 2.24) is 0 Å². The average molecular weight is 386 g/mol. The fourth-order valence-electron chi connectivity index (χ4n) is 3.46. The molecule has 0 aliphatic carbocycles. The first kappa shape index (κ1) is 17.8. The lowest BCUT2D eigenvalue weighted by Gasteiger charge is -2.17. The van der Waals surface area contributed by atoms with Gasteiger partial charge < -0.3 is 29.5 Å². The molecule has 4 rings (SSSR count). The number of fused-ring (bicyclic) bond motifs is 4. The van der Waals surface area contributed by atoms with E-state index < -0.39 is 29.7 Å². The van der Waals surface area contributed by atoms with Crippen molar-refractivity contribution in [2.75, 3.05) is 0 Å². The van der Waals surface area contributed by atoms with Crippen molar-refractivity contribution in [3.05, 3.63) is 39.4 Å². The highest BCUT2D eigenvalue weighted by molar-refractivity contribution is 6.03. The lowest BCUT2D eigenvalue weighted by molar-refractivity contribution is -0.0555. The molecule has 0 bridgehead atoms. The van der Waals surface area contributed by atoms with Crippen LogP contribution in [0.4, 0.5) is 0 Å². The summed E-state index contributed by atoms with van der Waals surface area (Å²) in [5.74, 6) is -3.49. The van der Waals surface area contributed by atoms with Gasteiger partial charge in [-0.2, -0.15) is 0 Å². The van der Waals surface area contributed by atoms with Gasteiger partial charge in [0, 0.05) is 5.56 Å². The van der Waals surface area contributed by atoms with E-state index in [2.05, 4.69) is 0 Å². The Hall–Kier alpha value is -3.59. The quantitative estimate of drug-likeness (QED) is 0.403. The molecular weight excluding hydrogens is 372 g/mol. The van der Waals surface area contributed by atoms with Crippen LogP contribution in [-0.4, -0.2) is 33.5 Å². The fraction of sp³-hybridized carbons (Fsp3) is 0.211. The van der Waals surface area contributed by atoms with Gasteiger partial charge in [0.2, 0.25) is 6.29 Å². The van der Waals surface area contributed by atoms with Gasteiger partial charge in [-0.3, -0.25) is 4.79 Å². The third-order valence-electron chi connectivity index (χ3n) is 4.76. The maximum atomic E-state index is 12.8. The first-order chi connectivity index (χ1) is 13.3. The molecule has 1 atom stereocenters. The number of esters is 2. The Morgan fingerprint density at radius 1 is 1.07 bits per heavy atom. The molecule has 9 heteroatoms. The molecule has 0 radical (unpaired) electrons. The molecule has 0 fully saturated rings. The third kappa shape index (κ3) is 2.20. The molecule has 0 spiro atoms. The second kappa shape index (κ2) is 5.96. The van der Waals surface area contributed by atoms with E-state index in [4.69, 9.17) is 14.2 Å². The topological polar surface area (TPSA) is 140 Å². The van der Waals surface area contributed by atoms with Crippen molar-refractivity contribution < 1.29 is 43.9 Å². The van der Waals surface area contributed by atoms with E-state index >= 15 is 0 Å². The van der Waals surface area contributed by atoms with Crippen molar-refractivity contribution in [2.24, 2.45) is 0 Å². The van der Waals surface area contributed by atoms with Crippen molar-refractivity contribution >= 4 is 18.2 Å². The minimum absolute atomic E-state index is 0.0930. The summed E-state index contributed by atoms with van der Waals surface area (Å²) in [6.45, 7) is 3.16. The van der Waals surface area contributed by atoms with Crippen LogP contribution in [0.15, 0.2) is 6.07 Å². The highest BCUT2D eigenvalue weighted by atomic mass is 16.6. The third-order valence-corrected chi connectivity index (χ3v) is 4.76. The van der Waals surface area contributed by atoms with Gasteiger partial charge in [0.15, 0.2) is 23.5 Å². The number of aliphatic hydroxyl groups excluding tert-OH is 1. The van der Waals surface area contributed by atoms with Gasteiger partial charge >= 0.3 is 11.9 Å². The number of benzene rings is 2. The van der Waals surface area contributed by atoms with Crippen LogP contribution in [0.5, 0.6) is 28.7 Å². The molecule has 2 aliphatic heterocycles. The van der Waals surface area contributed by atoms with E-state index in [9.17, 15) is 29.7 Å². The zero-order chi connectivity index (χ0) is 20.3. The van der Waals surface area contributed by atoms with Crippen LogP contribution in [0, 0.1) is 6.92 Å². The minimum Gasteiger partial charge on any atom is -0.507 e. The summed E-state index contributed by atoms with van der Waals surface area (Å²) in [4.78, 5) is 36.3. The van der Waals surface area contributed by atoms with Crippen LogP contribution in [0.3, 0.4) is 0 Å². The highest BCUT2D eigenvalue weighted by Crippen LogP contribution is 2.54. The molecule has 0 aromatic heterocycles. The van der Waals surface area contributed by atoms with E-state index in [0.717, 1.165) is 0 Å². The van der Waals surface area contributed by atoms with E-state index in [1.54, 1.807) is 6.92 Å². The van der Waals surface area contributed by atoms with Crippen LogP contribution >= 0.6 is 0 Å². The smallest absolute Gasteiger partial charge is 0.347 e. The number of aldehydes is 1. The Morgan fingerprint density at radius 2 is 1.79 bits per heavy atom. The molecule has 9 nitrogen and oxygen atoms in total. The summed E-state index contributed by atoms with van der Waals surface area (Å²) in [5.41, 5.74) is -0.574. The number of hydrogen-bond acceptors (Lipinski definition) is 9. The molecule has 0 saturated heterocycles. The summed E-state index contributed by atoms with van der Waals surface area (Å²) in [7, 11) is 0. The summed E-state index contributed by atoms with van der Waals surface area (Å²) < 4.78 is 15.9. The maximum absolute atomic E-state index is 12.8. The fourth-order valence-corrected chi connectivity index (χ4v) is 3.46. The van der Waals surface area contributed by atoms with Crippen molar-refractivity contribution in [3.63, 3.8) is 0 Å². The predicted molar refractivity (Wildman–Crippen MR) is 91.1 cm³/mol. The average Bonchev–Trinajstić information content (AvgIpc) is 2.83. The van der Waals surface area contributed by atoms with E-state index in [-0.39, 0.29) is 57.1 Å². The van der Waals surface area contributed by atoms with Crippen molar-refractivity contribution in [2.45, 2.75) is 26.6 Å². The number of hydrogen-bond donors (Lipinski definition) is 3. The van der Waals surface area contributed by atoms with Gasteiger partial charge in [-0.1, -0.05) is 6.92 Å². The van der Waals surface area contributed by atoms with Crippen LogP contribution < -0.4 is 9.47 Å². The van der Waals surface area contributed by atoms with Crippen LogP contribution in [0.25, 0.3) is 0 Å². The van der Waals surface area contributed by atoms with Crippen LogP contribution in [0.2, 0.25) is 0 Å². The Morgan fingerprint density at radius 3 is 2.43 bits per heavy atom. The van der Waals surface area contributed by atoms with Gasteiger partial charge in [-0.05, 0) is 25.0 Å².